The Morgan fingerprint density at radius 1 is 1.18 bits per heavy atom. The number of aryl methyl sites for hydroxylation is 1. The van der Waals surface area contributed by atoms with Crippen LogP contribution < -0.4 is 4.74 Å². The predicted octanol–water partition coefficient (Wildman–Crippen LogP) is 5.04. The lowest BCUT2D eigenvalue weighted by molar-refractivity contribution is 0.0994. The summed E-state index contributed by atoms with van der Waals surface area (Å²) in [5, 5.41) is 9.31. The standard InChI is InChI=1S/C22H25N3O2S/c1-5-13-25-21(18-8-6-7-15(2)14-18)23-24-22(25)28-16(3)20(26)17-9-11-19(27-4)12-10-17/h6-12,14,16H,5,13H2,1-4H3. The Hall–Kier alpha value is -2.60. The zero-order chi connectivity index (χ0) is 20.1. The van der Waals surface area contributed by atoms with E-state index in [1.807, 2.05) is 19.1 Å². The van der Waals surface area contributed by atoms with Crippen LogP contribution in [0.1, 0.15) is 36.2 Å². The first-order chi connectivity index (χ1) is 13.5. The van der Waals surface area contributed by atoms with E-state index in [0.29, 0.717) is 5.56 Å². The van der Waals surface area contributed by atoms with E-state index in [1.165, 1.54) is 17.3 Å². The first-order valence-electron chi connectivity index (χ1n) is 9.38. The van der Waals surface area contributed by atoms with Crippen LogP contribution in [-0.2, 0) is 6.54 Å². The average molecular weight is 396 g/mol. The Kier molecular flexibility index (Phi) is 6.52. The fraction of sp³-hybridized carbons (Fsp3) is 0.318. The summed E-state index contributed by atoms with van der Waals surface area (Å²) in [4.78, 5) is 12.8. The van der Waals surface area contributed by atoms with Crippen LogP contribution >= 0.6 is 11.8 Å². The quantitative estimate of drug-likeness (QED) is 0.395. The van der Waals surface area contributed by atoms with Crippen molar-refractivity contribution in [2.45, 2.75) is 44.1 Å². The van der Waals surface area contributed by atoms with Crippen LogP contribution in [0.2, 0.25) is 0 Å². The zero-order valence-corrected chi connectivity index (χ0v) is 17.5. The average Bonchev–Trinajstić information content (AvgIpc) is 3.10. The van der Waals surface area contributed by atoms with Crippen LogP contribution in [0.15, 0.2) is 53.7 Å². The highest BCUT2D eigenvalue weighted by Gasteiger charge is 2.21. The van der Waals surface area contributed by atoms with Gasteiger partial charge in [-0.05, 0) is 50.6 Å². The monoisotopic (exact) mass is 395 g/mol. The highest BCUT2D eigenvalue weighted by atomic mass is 32.2. The molecule has 3 rings (SSSR count). The number of hydrogen-bond donors (Lipinski definition) is 0. The lowest BCUT2D eigenvalue weighted by Gasteiger charge is -2.13. The number of rotatable bonds is 8. The Labute approximate surface area is 170 Å². The molecule has 5 nitrogen and oxygen atoms in total. The van der Waals surface area contributed by atoms with E-state index in [9.17, 15) is 4.79 Å². The molecule has 2 aromatic carbocycles. The van der Waals surface area contributed by atoms with Gasteiger partial charge in [0.1, 0.15) is 5.75 Å². The minimum atomic E-state index is -0.265. The number of nitrogens with zero attached hydrogens (tertiary/aromatic N) is 3. The Morgan fingerprint density at radius 3 is 2.57 bits per heavy atom. The third-order valence-corrected chi connectivity index (χ3v) is 5.55. The van der Waals surface area contributed by atoms with Gasteiger partial charge in [0.25, 0.3) is 0 Å². The third-order valence-electron chi connectivity index (χ3n) is 4.47. The van der Waals surface area contributed by atoms with Gasteiger partial charge in [-0.3, -0.25) is 4.79 Å². The molecule has 0 bridgehead atoms. The number of thioether (sulfide) groups is 1. The van der Waals surface area contributed by atoms with Gasteiger partial charge < -0.3 is 9.30 Å². The van der Waals surface area contributed by atoms with E-state index >= 15 is 0 Å². The Bertz CT molecular complexity index is 951. The summed E-state index contributed by atoms with van der Waals surface area (Å²) >= 11 is 1.45. The topological polar surface area (TPSA) is 57.0 Å². The van der Waals surface area contributed by atoms with Crippen molar-refractivity contribution in [1.29, 1.82) is 0 Å². The molecule has 6 heteroatoms. The van der Waals surface area contributed by atoms with E-state index in [1.54, 1.807) is 31.4 Å². The first kappa shape index (κ1) is 20.1. The maximum Gasteiger partial charge on any atom is 0.192 e. The number of aromatic nitrogens is 3. The summed E-state index contributed by atoms with van der Waals surface area (Å²) in [5.41, 5.74) is 2.89. The van der Waals surface area contributed by atoms with Crippen molar-refractivity contribution in [2.75, 3.05) is 7.11 Å². The number of methoxy groups -OCH3 is 1. The van der Waals surface area contributed by atoms with Gasteiger partial charge in [-0.15, -0.1) is 10.2 Å². The SMILES string of the molecule is CCCn1c(SC(C)C(=O)c2ccc(OC)cc2)nnc1-c1cccc(C)c1. The summed E-state index contributed by atoms with van der Waals surface area (Å²) in [6.45, 7) is 6.91. The van der Waals surface area contributed by atoms with Gasteiger partial charge in [0.05, 0.1) is 12.4 Å². The summed E-state index contributed by atoms with van der Waals surface area (Å²) in [6.07, 6.45) is 0.964. The lowest BCUT2D eigenvalue weighted by atomic mass is 10.1. The van der Waals surface area contributed by atoms with E-state index in [4.69, 9.17) is 4.74 Å². The van der Waals surface area contributed by atoms with Crippen LogP contribution in [0.25, 0.3) is 11.4 Å². The van der Waals surface area contributed by atoms with Crippen LogP contribution in [0.5, 0.6) is 5.75 Å². The van der Waals surface area contributed by atoms with Crippen molar-refractivity contribution in [3.05, 3.63) is 59.7 Å². The van der Waals surface area contributed by atoms with Gasteiger partial charge in [0, 0.05) is 17.7 Å². The first-order valence-corrected chi connectivity index (χ1v) is 10.3. The van der Waals surface area contributed by atoms with Gasteiger partial charge in [0.2, 0.25) is 0 Å². The molecule has 146 valence electrons. The largest absolute Gasteiger partial charge is 0.497 e. The molecule has 0 aliphatic rings. The summed E-state index contributed by atoms with van der Waals surface area (Å²) < 4.78 is 7.27. The van der Waals surface area contributed by atoms with Crippen LogP contribution in [-0.4, -0.2) is 32.9 Å². The van der Waals surface area contributed by atoms with Crippen molar-refractivity contribution in [2.24, 2.45) is 0 Å². The van der Waals surface area contributed by atoms with Gasteiger partial charge in [-0.25, -0.2) is 0 Å². The molecule has 1 atom stereocenters. The number of benzene rings is 2. The number of hydrogen-bond acceptors (Lipinski definition) is 5. The normalized spacial score (nSPS) is 12.0. The molecule has 1 heterocycles. The zero-order valence-electron chi connectivity index (χ0n) is 16.7. The molecule has 0 N–H and O–H groups in total. The molecule has 0 aliphatic heterocycles. The van der Waals surface area contributed by atoms with Crippen LogP contribution in [0.4, 0.5) is 0 Å². The number of carbonyl (C=O) groups is 1. The number of ether oxygens (including phenoxy) is 1. The molecule has 0 fully saturated rings. The maximum absolute atomic E-state index is 12.8. The van der Waals surface area contributed by atoms with E-state index in [2.05, 4.69) is 40.7 Å². The van der Waals surface area contributed by atoms with E-state index < -0.39 is 0 Å². The second kappa shape index (κ2) is 9.06. The van der Waals surface area contributed by atoms with Crippen molar-refractivity contribution in [1.82, 2.24) is 14.8 Å². The predicted molar refractivity (Wildman–Crippen MR) is 113 cm³/mol. The number of Topliss-reactive ketones (excluding diaryl/α,β-unsaturated/α-hetero) is 1. The van der Waals surface area contributed by atoms with Crippen molar-refractivity contribution < 1.29 is 9.53 Å². The molecule has 0 radical (unpaired) electrons. The molecule has 0 aliphatic carbocycles. The fourth-order valence-corrected chi connectivity index (χ4v) is 3.95. The minimum Gasteiger partial charge on any atom is -0.497 e. The van der Waals surface area contributed by atoms with Crippen molar-refractivity contribution in [3.8, 4) is 17.1 Å². The van der Waals surface area contributed by atoms with Crippen LogP contribution in [0.3, 0.4) is 0 Å². The molecule has 28 heavy (non-hydrogen) atoms. The molecular weight excluding hydrogens is 370 g/mol. The second-order valence-corrected chi connectivity index (χ2v) is 7.99. The molecule has 3 aromatic rings. The molecule has 1 unspecified atom stereocenters. The van der Waals surface area contributed by atoms with Gasteiger partial charge in [-0.2, -0.15) is 0 Å². The molecule has 1 aromatic heterocycles. The smallest absolute Gasteiger partial charge is 0.192 e. The second-order valence-electron chi connectivity index (χ2n) is 6.68. The van der Waals surface area contributed by atoms with Gasteiger partial charge >= 0.3 is 0 Å². The van der Waals surface area contributed by atoms with Gasteiger partial charge in [-0.1, -0.05) is 42.4 Å². The Morgan fingerprint density at radius 2 is 1.93 bits per heavy atom. The van der Waals surface area contributed by atoms with E-state index in [0.717, 1.165) is 35.3 Å². The maximum atomic E-state index is 12.8. The summed E-state index contributed by atoms with van der Waals surface area (Å²) in [6, 6.07) is 15.5. The highest BCUT2D eigenvalue weighted by molar-refractivity contribution is 8.00. The van der Waals surface area contributed by atoms with Gasteiger partial charge in [0.15, 0.2) is 16.8 Å². The lowest BCUT2D eigenvalue weighted by Crippen LogP contribution is -2.15. The van der Waals surface area contributed by atoms with Crippen LogP contribution in [0, 0.1) is 6.92 Å². The highest BCUT2D eigenvalue weighted by Crippen LogP contribution is 2.29. The van der Waals surface area contributed by atoms with Crippen molar-refractivity contribution in [3.63, 3.8) is 0 Å². The summed E-state index contributed by atoms with van der Waals surface area (Å²) in [5.74, 6) is 1.65. The Balaban J connectivity index is 1.83. The molecule has 0 saturated heterocycles. The van der Waals surface area contributed by atoms with E-state index in [-0.39, 0.29) is 11.0 Å². The number of carbonyl (C=O) groups excluding carboxylic acids is 1. The minimum absolute atomic E-state index is 0.0656. The third kappa shape index (κ3) is 4.44. The molecule has 0 amide bonds. The molecular formula is C22H25N3O2S. The van der Waals surface area contributed by atoms with Crippen molar-refractivity contribution >= 4 is 17.5 Å². The summed E-state index contributed by atoms with van der Waals surface area (Å²) in [7, 11) is 1.61. The number of ketones is 1. The molecule has 0 spiro atoms. The fourth-order valence-electron chi connectivity index (χ4n) is 3.00. The molecule has 0 saturated carbocycles.